The lowest BCUT2D eigenvalue weighted by molar-refractivity contribution is -0.113. The van der Waals surface area contributed by atoms with E-state index in [1.165, 1.54) is 42.4 Å². The van der Waals surface area contributed by atoms with Crippen LogP contribution in [0.3, 0.4) is 0 Å². The summed E-state index contributed by atoms with van der Waals surface area (Å²) in [5.41, 5.74) is 2.06. The van der Waals surface area contributed by atoms with Crippen LogP contribution in [0.4, 0.5) is 5.00 Å². The van der Waals surface area contributed by atoms with Crippen LogP contribution in [0.1, 0.15) is 68.1 Å². The molecule has 0 aliphatic heterocycles. The van der Waals surface area contributed by atoms with Gasteiger partial charge in [0.05, 0.1) is 12.4 Å². The Bertz CT molecular complexity index is 1120. The molecule has 2 heterocycles. The minimum Gasteiger partial charge on any atom is -0.462 e. The van der Waals surface area contributed by atoms with Gasteiger partial charge in [-0.1, -0.05) is 61.4 Å². The first-order valence-corrected chi connectivity index (χ1v) is 13.7. The lowest BCUT2D eigenvalue weighted by Gasteiger charge is -2.21. The summed E-state index contributed by atoms with van der Waals surface area (Å²) >= 11 is 2.71. The van der Waals surface area contributed by atoms with E-state index in [0.717, 1.165) is 41.5 Å². The fourth-order valence-corrected chi connectivity index (χ4v) is 6.13. The Morgan fingerprint density at radius 1 is 1.15 bits per heavy atom. The SMILES string of the molecule is CCOC(=O)c1c(-c2ccccc2)csc1NC(=O)CSc1nnc(C2CCCCC2)n1CC. The topological polar surface area (TPSA) is 86.1 Å². The van der Waals surface area contributed by atoms with Gasteiger partial charge in [-0.15, -0.1) is 21.5 Å². The van der Waals surface area contributed by atoms with Crippen molar-refractivity contribution in [1.82, 2.24) is 14.8 Å². The molecule has 0 unspecified atom stereocenters. The second kappa shape index (κ2) is 11.7. The molecule has 0 saturated heterocycles. The number of anilines is 1. The zero-order valence-electron chi connectivity index (χ0n) is 19.6. The van der Waals surface area contributed by atoms with Crippen molar-refractivity contribution in [1.29, 1.82) is 0 Å². The van der Waals surface area contributed by atoms with E-state index in [0.29, 0.717) is 16.5 Å². The maximum atomic E-state index is 12.8. The molecule has 1 saturated carbocycles. The first kappa shape index (κ1) is 24.5. The number of benzene rings is 1. The number of esters is 1. The van der Waals surface area contributed by atoms with Gasteiger partial charge in [0.15, 0.2) is 5.16 Å². The predicted molar refractivity (Wildman–Crippen MR) is 137 cm³/mol. The number of carbonyl (C=O) groups excluding carboxylic acids is 2. The third kappa shape index (κ3) is 5.52. The first-order chi connectivity index (χ1) is 16.6. The van der Waals surface area contributed by atoms with Gasteiger partial charge in [0.1, 0.15) is 16.4 Å². The van der Waals surface area contributed by atoms with Gasteiger partial charge in [-0.05, 0) is 32.3 Å². The van der Waals surface area contributed by atoms with Crippen molar-refractivity contribution in [2.24, 2.45) is 0 Å². The predicted octanol–water partition coefficient (Wildman–Crippen LogP) is 5.98. The Labute approximate surface area is 208 Å². The minimum absolute atomic E-state index is 0.184. The maximum Gasteiger partial charge on any atom is 0.341 e. The zero-order chi connectivity index (χ0) is 23.9. The Morgan fingerprint density at radius 3 is 2.62 bits per heavy atom. The monoisotopic (exact) mass is 498 g/mol. The molecule has 1 amide bonds. The molecule has 0 bridgehead atoms. The fourth-order valence-electron chi connectivity index (χ4n) is 4.35. The molecule has 180 valence electrons. The van der Waals surface area contributed by atoms with Crippen molar-refractivity contribution < 1.29 is 14.3 Å². The van der Waals surface area contributed by atoms with Crippen LogP contribution >= 0.6 is 23.1 Å². The van der Waals surface area contributed by atoms with E-state index in [4.69, 9.17) is 4.74 Å². The van der Waals surface area contributed by atoms with E-state index >= 15 is 0 Å². The maximum absolute atomic E-state index is 12.8. The highest BCUT2D eigenvalue weighted by atomic mass is 32.2. The summed E-state index contributed by atoms with van der Waals surface area (Å²) in [7, 11) is 0. The number of hydrogen-bond donors (Lipinski definition) is 1. The Hall–Kier alpha value is -2.65. The molecule has 0 spiro atoms. The van der Waals surface area contributed by atoms with Crippen LogP contribution in [0.2, 0.25) is 0 Å². The number of ether oxygens (including phenoxy) is 1. The molecular formula is C25H30N4O3S2. The largest absolute Gasteiger partial charge is 0.462 e. The number of aromatic nitrogens is 3. The molecule has 1 aliphatic rings. The number of nitrogens with one attached hydrogen (secondary N) is 1. The third-order valence-electron chi connectivity index (χ3n) is 5.97. The second-order valence-electron chi connectivity index (χ2n) is 8.20. The summed E-state index contributed by atoms with van der Waals surface area (Å²) < 4.78 is 7.42. The number of thiophene rings is 1. The van der Waals surface area contributed by atoms with Crippen LogP contribution in [0.15, 0.2) is 40.9 Å². The van der Waals surface area contributed by atoms with Crippen LogP contribution in [-0.2, 0) is 16.1 Å². The van der Waals surface area contributed by atoms with Gasteiger partial charge in [0.25, 0.3) is 0 Å². The first-order valence-electron chi connectivity index (χ1n) is 11.8. The minimum atomic E-state index is -0.437. The molecule has 2 aromatic heterocycles. The van der Waals surface area contributed by atoms with Crippen LogP contribution in [0.5, 0.6) is 0 Å². The number of amides is 1. The molecular weight excluding hydrogens is 468 g/mol. The summed E-state index contributed by atoms with van der Waals surface area (Å²) in [6.07, 6.45) is 6.08. The van der Waals surface area contributed by atoms with Gasteiger partial charge in [0.2, 0.25) is 5.91 Å². The van der Waals surface area contributed by atoms with Gasteiger partial charge in [-0.3, -0.25) is 4.79 Å². The molecule has 9 heteroatoms. The molecule has 3 aromatic rings. The van der Waals surface area contributed by atoms with Crippen LogP contribution in [0.25, 0.3) is 11.1 Å². The van der Waals surface area contributed by atoms with E-state index in [2.05, 4.69) is 27.0 Å². The van der Waals surface area contributed by atoms with Crippen molar-refractivity contribution in [3.63, 3.8) is 0 Å². The van der Waals surface area contributed by atoms with Crippen LogP contribution in [0, 0.1) is 0 Å². The molecule has 4 rings (SSSR count). The summed E-state index contributed by atoms with van der Waals surface area (Å²) in [5, 5.41) is 14.9. The van der Waals surface area contributed by atoms with Crippen molar-refractivity contribution in [3.8, 4) is 11.1 Å². The van der Waals surface area contributed by atoms with E-state index in [9.17, 15) is 9.59 Å². The number of thioether (sulfide) groups is 1. The molecule has 0 radical (unpaired) electrons. The Balaban J connectivity index is 1.47. The van der Waals surface area contributed by atoms with Gasteiger partial charge in [-0.25, -0.2) is 4.79 Å². The second-order valence-corrected chi connectivity index (χ2v) is 10.0. The average Bonchev–Trinajstić information content (AvgIpc) is 3.48. The van der Waals surface area contributed by atoms with Crippen molar-refractivity contribution >= 4 is 40.0 Å². The summed E-state index contributed by atoms with van der Waals surface area (Å²) in [6, 6.07) is 9.64. The summed E-state index contributed by atoms with van der Waals surface area (Å²) in [4.78, 5) is 25.6. The molecule has 1 aliphatic carbocycles. The summed E-state index contributed by atoms with van der Waals surface area (Å²) in [6.45, 7) is 4.90. The highest BCUT2D eigenvalue weighted by Gasteiger charge is 2.25. The lowest BCUT2D eigenvalue weighted by atomic mass is 9.89. The zero-order valence-corrected chi connectivity index (χ0v) is 21.2. The molecule has 34 heavy (non-hydrogen) atoms. The number of hydrogen-bond acceptors (Lipinski definition) is 7. The average molecular weight is 499 g/mol. The van der Waals surface area contributed by atoms with Crippen molar-refractivity contribution in [3.05, 3.63) is 47.1 Å². The number of rotatable bonds is 9. The molecule has 1 aromatic carbocycles. The van der Waals surface area contributed by atoms with Crippen LogP contribution < -0.4 is 5.32 Å². The van der Waals surface area contributed by atoms with Gasteiger partial charge in [-0.2, -0.15) is 0 Å². The number of nitrogens with zero attached hydrogens (tertiary/aromatic N) is 3. The van der Waals surface area contributed by atoms with Gasteiger partial charge in [0, 0.05) is 23.4 Å². The lowest BCUT2D eigenvalue weighted by Crippen LogP contribution is -2.17. The fraction of sp³-hybridized carbons (Fsp3) is 0.440. The Kier molecular flexibility index (Phi) is 8.39. The molecule has 1 N–H and O–H groups in total. The van der Waals surface area contributed by atoms with Crippen LogP contribution in [-0.4, -0.2) is 39.0 Å². The highest BCUT2D eigenvalue weighted by molar-refractivity contribution is 7.99. The standard InChI is InChI=1S/C25H30N4O3S2/c1-3-29-22(18-13-9-6-10-14-18)27-28-25(29)34-16-20(30)26-23-21(24(31)32-4-2)19(15-33-23)17-11-7-5-8-12-17/h5,7-8,11-12,15,18H,3-4,6,9-10,13-14,16H2,1-2H3,(H,26,30). The normalized spacial score (nSPS) is 14.2. The third-order valence-corrected chi connectivity index (χ3v) is 7.83. The summed E-state index contributed by atoms with van der Waals surface area (Å²) in [5.74, 6) is 1.05. The van der Waals surface area contributed by atoms with Gasteiger partial charge < -0.3 is 14.6 Å². The molecule has 1 fully saturated rings. The van der Waals surface area contributed by atoms with E-state index in [1.807, 2.05) is 35.7 Å². The van der Waals surface area contributed by atoms with E-state index in [-0.39, 0.29) is 18.3 Å². The Morgan fingerprint density at radius 2 is 1.91 bits per heavy atom. The highest BCUT2D eigenvalue weighted by Crippen LogP contribution is 2.37. The molecule has 7 nitrogen and oxygen atoms in total. The molecule has 0 atom stereocenters. The van der Waals surface area contributed by atoms with E-state index in [1.54, 1.807) is 6.92 Å². The number of carbonyl (C=O) groups is 2. The van der Waals surface area contributed by atoms with Gasteiger partial charge >= 0.3 is 5.97 Å². The van der Waals surface area contributed by atoms with Crippen molar-refractivity contribution in [2.45, 2.75) is 63.6 Å². The van der Waals surface area contributed by atoms with Crippen molar-refractivity contribution in [2.75, 3.05) is 17.7 Å². The van der Waals surface area contributed by atoms with E-state index < -0.39 is 5.97 Å². The smallest absolute Gasteiger partial charge is 0.341 e. The quantitative estimate of drug-likeness (QED) is 0.288.